The Bertz CT molecular complexity index is 467. The molecule has 2 heterocycles. The van der Waals surface area contributed by atoms with Crippen molar-refractivity contribution in [1.29, 1.82) is 0 Å². The molecule has 0 radical (unpaired) electrons. The van der Waals surface area contributed by atoms with E-state index in [1.165, 1.54) is 5.56 Å². The van der Waals surface area contributed by atoms with E-state index in [2.05, 4.69) is 22.1 Å². The molecule has 0 aliphatic heterocycles. The van der Waals surface area contributed by atoms with Gasteiger partial charge in [-0.3, -0.25) is 4.98 Å². The van der Waals surface area contributed by atoms with Crippen molar-refractivity contribution in [3.05, 3.63) is 41.2 Å². The summed E-state index contributed by atoms with van der Waals surface area (Å²) in [4.78, 5) is 4.00. The van der Waals surface area contributed by atoms with Gasteiger partial charge in [-0.2, -0.15) is 0 Å². The highest BCUT2D eigenvalue weighted by Gasteiger charge is 2.08. The summed E-state index contributed by atoms with van der Waals surface area (Å²) in [7, 11) is 0. The molecule has 0 saturated carbocycles. The van der Waals surface area contributed by atoms with Crippen LogP contribution >= 0.6 is 11.6 Å². The highest BCUT2D eigenvalue weighted by molar-refractivity contribution is 6.28. The number of aromatic nitrogens is 4. The lowest BCUT2D eigenvalue weighted by atomic mass is 10.2. The van der Waals surface area contributed by atoms with E-state index in [1.807, 2.05) is 16.7 Å². The topological polar surface area (TPSA) is 43.6 Å². The third-order valence-electron chi connectivity index (χ3n) is 2.63. The van der Waals surface area contributed by atoms with Gasteiger partial charge in [-0.1, -0.05) is 6.92 Å². The SMILES string of the molecule is CCCc1nnc(Cl)n1CCc1ccncc1. The van der Waals surface area contributed by atoms with Crippen molar-refractivity contribution in [1.82, 2.24) is 19.7 Å². The van der Waals surface area contributed by atoms with Gasteiger partial charge in [0.15, 0.2) is 0 Å². The fraction of sp³-hybridized carbons (Fsp3) is 0.417. The Kier molecular flexibility index (Phi) is 4.09. The minimum absolute atomic E-state index is 0.475. The number of nitrogens with zero attached hydrogens (tertiary/aromatic N) is 4. The monoisotopic (exact) mass is 250 g/mol. The fourth-order valence-electron chi connectivity index (χ4n) is 1.73. The largest absolute Gasteiger partial charge is 0.301 e. The maximum absolute atomic E-state index is 6.02. The minimum atomic E-state index is 0.475. The van der Waals surface area contributed by atoms with Crippen LogP contribution in [0.1, 0.15) is 24.7 Å². The molecule has 0 aliphatic rings. The molecular weight excluding hydrogens is 236 g/mol. The van der Waals surface area contributed by atoms with E-state index in [4.69, 9.17) is 11.6 Å². The molecule has 0 fully saturated rings. The third kappa shape index (κ3) is 3.03. The lowest BCUT2D eigenvalue weighted by molar-refractivity contribution is 0.643. The molecular formula is C12H15ClN4. The lowest BCUT2D eigenvalue weighted by Gasteiger charge is -2.06. The number of halogens is 1. The smallest absolute Gasteiger partial charge is 0.225 e. The van der Waals surface area contributed by atoms with Gasteiger partial charge in [0.25, 0.3) is 0 Å². The van der Waals surface area contributed by atoms with Gasteiger partial charge < -0.3 is 4.57 Å². The average Bonchev–Trinajstić information content (AvgIpc) is 2.70. The molecule has 0 bridgehead atoms. The van der Waals surface area contributed by atoms with E-state index in [0.29, 0.717) is 5.28 Å². The zero-order valence-electron chi connectivity index (χ0n) is 9.80. The van der Waals surface area contributed by atoms with Gasteiger partial charge in [0.2, 0.25) is 5.28 Å². The third-order valence-corrected chi connectivity index (χ3v) is 2.91. The van der Waals surface area contributed by atoms with Crippen LogP contribution in [-0.2, 0) is 19.4 Å². The van der Waals surface area contributed by atoms with E-state index in [-0.39, 0.29) is 0 Å². The van der Waals surface area contributed by atoms with Crippen molar-refractivity contribution in [2.45, 2.75) is 32.7 Å². The normalized spacial score (nSPS) is 10.7. The molecule has 0 saturated heterocycles. The molecule has 17 heavy (non-hydrogen) atoms. The molecule has 2 rings (SSSR count). The first-order valence-corrected chi connectivity index (χ1v) is 6.15. The molecule has 0 aliphatic carbocycles. The van der Waals surface area contributed by atoms with Gasteiger partial charge in [0, 0.05) is 25.4 Å². The Morgan fingerprint density at radius 3 is 2.65 bits per heavy atom. The van der Waals surface area contributed by atoms with Gasteiger partial charge in [-0.05, 0) is 42.1 Å². The number of pyridine rings is 1. The van der Waals surface area contributed by atoms with E-state index in [1.54, 1.807) is 12.4 Å². The van der Waals surface area contributed by atoms with Crippen LogP contribution in [0.3, 0.4) is 0 Å². The van der Waals surface area contributed by atoms with Crippen molar-refractivity contribution < 1.29 is 0 Å². The maximum atomic E-state index is 6.02. The Morgan fingerprint density at radius 1 is 1.18 bits per heavy atom. The molecule has 2 aromatic rings. The number of hydrogen-bond acceptors (Lipinski definition) is 3. The standard InChI is InChI=1S/C12H15ClN4/c1-2-3-11-15-16-12(13)17(11)9-6-10-4-7-14-8-5-10/h4-5,7-8H,2-3,6,9H2,1H3. The van der Waals surface area contributed by atoms with E-state index < -0.39 is 0 Å². The van der Waals surface area contributed by atoms with Crippen molar-refractivity contribution in [3.8, 4) is 0 Å². The van der Waals surface area contributed by atoms with Gasteiger partial charge in [0.1, 0.15) is 5.82 Å². The predicted molar refractivity (Wildman–Crippen MR) is 67.0 cm³/mol. The van der Waals surface area contributed by atoms with Crippen LogP contribution in [0.4, 0.5) is 0 Å². The first-order chi connectivity index (χ1) is 8.31. The summed E-state index contributed by atoms with van der Waals surface area (Å²) < 4.78 is 1.98. The Labute approximate surface area is 106 Å². The number of hydrogen-bond donors (Lipinski definition) is 0. The summed E-state index contributed by atoms with van der Waals surface area (Å²) in [6.07, 6.45) is 6.48. The average molecular weight is 251 g/mol. The molecule has 0 N–H and O–H groups in total. The second-order valence-corrected chi connectivity index (χ2v) is 4.23. The number of rotatable bonds is 5. The Balaban J connectivity index is 2.06. The molecule has 5 heteroatoms. The van der Waals surface area contributed by atoms with Gasteiger partial charge >= 0.3 is 0 Å². The van der Waals surface area contributed by atoms with E-state index in [9.17, 15) is 0 Å². The van der Waals surface area contributed by atoms with Gasteiger partial charge in [-0.25, -0.2) is 0 Å². The Morgan fingerprint density at radius 2 is 1.94 bits per heavy atom. The van der Waals surface area contributed by atoms with Crippen molar-refractivity contribution in [2.24, 2.45) is 0 Å². The highest BCUT2D eigenvalue weighted by atomic mass is 35.5. The van der Waals surface area contributed by atoms with Crippen LogP contribution in [0.25, 0.3) is 0 Å². The first-order valence-electron chi connectivity index (χ1n) is 5.77. The molecule has 4 nitrogen and oxygen atoms in total. The van der Waals surface area contributed by atoms with Gasteiger partial charge in [0.05, 0.1) is 0 Å². The van der Waals surface area contributed by atoms with Crippen molar-refractivity contribution in [3.63, 3.8) is 0 Å². The molecule has 90 valence electrons. The van der Waals surface area contributed by atoms with Crippen LogP contribution in [-0.4, -0.2) is 19.7 Å². The molecule has 0 amide bonds. The number of aryl methyl sites for hydroxylation is 2. The first kappa shape index (κ1) is 12.0. The van der Waals surface area contributed by atoms with E-state index >= 15 is 0 Å². The molecule has 0 spiro atoms. The highest BCUT2D eigenvalue weighted by Crippen LogP contribution is 2.11. The zero-order chi connectivity index (χ0) is 12.1. The molecule has 2 aromatic heterocycles. The van der Waals surface area contributed by atoms with Crippen LogP contribution in [0.2, 0.25) is 5.28 Å². The predicted octanol–water partition coefficient (Wildman–Crippen LogP) is 2.52. The summed E-state index contributed by atoms with van der Waals surface area (Å²) in [6, 6.07) is 4.02. The van der Waals surface area contributed by atoms with Crippen LogP contribution in [0.5, 0.6) is 0 Å². The molecule has 0 unspecified atom stereocenters. The molecule has 0 atom stereocenters. The summed E-state index contributed by atoms with van der Waals surface area (Å²) in [6.45, 7) is 2.93. The zero-order valence-corrected chi connectivity index (χ0v) is 10.6. The molecule has 0 aromatic carbocycles. The second-order valence-electron chi connectivity index (χ2n) is 3.89. The summed E-state index contributed by atoms with van der Waals surface area (Å²) in [5, 5.41) is 8.47. The van der Waals surface area contributed by atoms with Crippen molar-refractivity contribution in [2.75, 3.05) is 0 Å². The van der Waals surface area contributed by atoms with Crippen molar-refractivity contribution >= 4 is 11.6 Å². The second kappa shape index (κ2) is 5.77. The lowest BCUT2D eigenvalue weighted by Crippen LogP contribution is -2.06. The Hall–Kier alpha value is -1.42. The van der Waals surface area contributed by atoms with Gasteiger partial charge in [-0.15, -0.1) is 10.2 Å². The van der Waals surface area contributed by atoms with Crippen LogP contribution in [0.15, 0.2) is 24.5 Å². The summed E-state index contributed by atoms with van der Waals surface area (Å²) in [5.41, 5.74) is 1.24. The fourth-order valence-corrected chi connectivity index (χ4v) is 1.95. The summed E-state index contributed by atoms with van der Waals surface area (Å²) in [5.74, 6) is 0.964. The van der Waals surface area contributed by atoms with E-state index in [0.717, 1.165) is 31.6 Å². The summed E-state index contributed by atoms with van der Waals surface area (Å²) >= 11 is 6.02. The van der Waals surface area contributed by atoms with Crippen LogP contribution in [0, 0.1) is 0 Å². The quantitative estimate of drug-likeness (QED) is 0.819. The maximum Gasteiger partial charge on any atom is 0.225 e. The van der Waals surface area contributed by atoms with Crippen LogP contribution < -0.4 is 0 Å². The minimum Gasteiger partial charge on any atom is -0.301 e.